The molecule has 2 amide bonds. The summed E-state index contributed by atoms with van der Waals surface area (Å²) in [6.07, 6.45) is 1.35. The Morgan fingerprint density at radius 3 is 1.73 bits per heavy atom. The Kier molecular flexibility index (Phi) is 6.31. The average molecular weight is 447 g/mol. The van der Waals surface area contributed by atoms with Crippen LogP contribution in [0.4, 0.5) is 5.69 Å². The van der Waals surface area contributed by atoms with Crippen LogP contribution in [0.1, 0.15) is 53.0 Å². The first kappa shape index (κ1) is 22.3. The van der Waals surface area contributed by atoms with Gasteiger partial charge in [-0.25, -0.2) is 4.90 Å². The fourth-order valence-corrected chi connectivity index (χ4v) is 3.98. The number of hydrogen-bond acceptors (Lipinski definition) is 5. The molecule has 3 aromatic carbocycles. The Morgan fingerprint density at radius 2 is 1.30 bits per heavy atom. The minimum atomic E-state index is -0.953. The van der Waals surface area contributed by atoms with Gasteiger partial charge in [-0.05, 0) is 30.5 Å². The van der Waals surface area contributed by atoms with Gasteiger partial charge in [-0.2, -0.15) is 0 Å². The lowest BCUT2D eigenvalue weighted by atomic mass is 9.99. The number of imide groups is 1. The van der Waals surface area contributed by atoms with Crippen molar-refractivity contribution in [2.45, 2.75) is 33.1 Å². The summed E-state index contributed by atoms with van der Waals surface area (Å²) < 4.78 is 12.0. The molecule has 0 bridgehead atoms. The second-order valence-electron chi connectivity index (χ2n) is 7.83. The molecule has 1 aliphatic rings. The van der Waals surface area contributed by atoms with Crippen LogP contribution in [0.2, 0.25) is 0 Å². The number of aliphatic carboxylic acids is 1. The van der Waals surface area contributed by atoms with Crippen molar-refractivity contribution in [1.82, 2.24) is 0 Å². The van der Waals surface area contributed by atoms with Gasteiger partial charge in [-0.3, -0.25) is 14.4 Å². The highest BCUT2D eigenvalue weighted by Gasteiger charge is 2.43. The van der Waals surface area contributed by atoms with Gasteiger partial charge in [0.15, 0.2) is 0 Å². The van der Waals surface area contributed by atoms with E-state index >= 15 is 0 Å². The number of ether oxygens (including phenoxy) is 2. The van der Waals surface area contributed by atoms with Crippen LogP contribution >= 0.6 is 0 Å². The minimum absolute atomic E-state index is 0.141. The zero-order valence-corrected chi connectivity index (χ0v) is 18.6. The van der Waals surface area contributed by atoms with Crippen molar-refractivity contribution in [3.05, 3.63) is 65.2 Å². The molecule has 0 radical (unpaired) electrons. The number of rotatable bonds is 9. The summed E-state index contributed by atoms with van der Waals surface area (Å²) in [7, 11) is 0. The lowest BCUT2D eigenvalue weighted by Gasteiger charge is -2.16. The number of carbonyl (C=O) groups excluding carboxylic acids is 2. The van der Waals surface area contributed by atoms with Gasteiger partial charge in [0.25, 0.3) is 11.8 Å². The molecule has 0 spiro atoms. The van der Waals surface area contributed by atoms with E-state index in [4.69, 9.17) is 14.6 Å². The van der Waals surface area contributed by atoms with Crippen LogP contribution in [0.3, 0.4) is 0 Å². The number of carbonyl (C=O) groups is 3. The summed E-state index contributed by atoms with van der Waals surface area (Å²) in [4.78, 5) is 39.3. The first-order chi connectivity index (χ1) is 16.0. The van der Waals surface area contributed by atoms with E-state index in [0.29, 0.717) is 36.0 Å². The maximum absolute atomic E-state index is 13.6. The van der Waals surface area contributed by atoms with Crippen LogP contribution < -0.4 is 14.4 Å². The molecule has 33 heavy (non-hydrogen) atoms. The largest absolute Gasteiger partial charge is 0.492 e. The molecule has 7 nitrogen and oxygen atoms in total. The number of carboxylic acid groups (broad SMARTS) is 1. The molecule has 4 rings (SSSR count). The Morgan fingerprint density at radius 1 is 0.818 bits per heavy atom. The molecule has 0 aliphatic carbocycles. The quantitative estimate of drug-likeness (QED) is 0.472. The van der Waals surface area contributed by atoms with Gasteiger partial charge < -0.3 is 14.6 Å². The van der Waals surface area contributed by atoms with Crippen molar-refractivity contribution in [3.8, 4) is 11.5 Å². The lowest BCUT2D eigenvalue weighted by molar-refractivity contribution is -0.136. The van der Waals surface area contributed by atoms with Gasteiger partial charge in [0, 0.05) is 10.8 Å². The third-order valence-corrected chi connectivity index (χ3v) is 5.41. The molecule has 1 N–H and O–H groups in total. The van der Waals surface area contributed by atoms with E-state index in [0.717, 1.165) is 28.5 Å². The number of nitrogens with zero attached hydrogens (tertiary/aromatic N) is 1. The molecule has 3 aromatic rings. The molecule has 7 heteroatoms. The molecule has 0 fully saturated rings. The standard InChI is InChI=1S/C26H25NO6/c1-3-13-32-23-18-7-5-6-8-19(18)24(33-14-4-2)22-21(23)25(30)27(26(22)31)17-11-9-16(10-12-17)15-20(28)29/h5-12H,3-4,13-15H2,1-2H3,(H,28,29). The number of amides is 2. The summed E-state index contributed by atoms with van der Waals surface area (Å²) in [6.45, 7) is 4.74. The molecule has 0 saturated carbocycles. The highest BCUT2D eigenvalue weighted by Crippen LogP contribution is 2.46. The number of carboxylic acids is 1. The topological polar surface area (TPSA) is 93.1 Å². The van der Waals surface area contributed by atoms with Gasteiger partial charge in [-0.15, -0.1) is 0 Å². The molecule has 0 atom stereocenters. The summed E-state index contributed by atoms with van der Waals surface area (Å²) in [5.74, 6) is -1.16. The third kappa shape index (κ3) is 4.02. The van der Waals surface area contributed by atoms with Crippen molar-refractivity contribution < 1.29 is 29.0 Å². The summed E-state index contributed by atoms with van der Waals surface area (Å²) in [6, 6.07) is 13.8. The molecule has 0 aromatic heterocycles. The van der Waals surface area contributed by atoms with Crippen LogP contribution in [-0.2, 0) is 11.2 Å². The zero-order chi connectivity index (χ0) is 23.5. The highest BCUT2D eigenvalue weighted by atomic mass is 16.5. The number of fused-ring (bicyclic) bond motifs is 2. The molecule has 1 aliphatic heterocycles. The lowest BCUT2D eigenvalue weighted by Crippen LogP contribution is -2.29. The predicted octanol–water partition coefficient (Wildman–Crippen LogP) is 4.85. The predicted molar refractivity (Wildman–Crippen MR) is 124 cm³/mol. The Balaban J connectivity index is 1.89. The van der Waals surface area contributed by atoms with Gasteiger partial charge in [0.05, 0.1) is 36.4 Å². The molecule has 170 valence electrons. The van der Waals surface area contributed by atoms with E-state index in [1.807, 2.05) is 38.1 Å². The molecule has 0 unspecified atom stereocenters. The zero-order valence-electron chi connectivity index (χ0n) is 18.6. The Labute approximate surface area is 191 Å². The smallest absolute Gasteiger partial charge is 0.307 e. The van der Waals surface area contributed by atoms with Gasteiger partial charge >= 0.3 is 5.97 Å². The second-order valence-corrected chi connectivity index (χ2v) is 7.83. The van der Waals surface area contributed by atoms with Crippen molar-refractivity contribution in [2.75, 3.05) is 18.1 Å². The van der Waals surface area contributed by atoms with E-state index in [2.05, 4.69) is 0 Å². The average Bonchev–Trinajstić information content (AvgIpc) is 3.06. The Hall–Kier alpha value is -3.87. The van der Waals surface area contributed by atoms with Crippen LogP contribution in [0, 0.1) is 0 Å². The van der Waals surface area contributed by atoms with E-state index in [-0.39, 0.29) is 17.5 Å². The SMILES string of the molecule is CCCOc1c2c(c(OCCC)c3ccccc13)C(=O)N(c1ccc(CC(=O)O)cc1)C2=O. The maximum Gasteiger partial charge on any atom is 0.307 e. The normalized spacial score (nSPS) is 12.8. The van der Waals surface area contributed by atoms with Crippen LogP contribution in [0.5, 0.6) is 11.5 Å². The van der Waals surface area contributed by atoms with Gasteiger partial charge in [-0.1, -0.05) is 50.2 Å². The van der Waals surface area contributed by atoms with Crippen LogP contribution in [0.25, 0.3) is 10.8 Å². The van der Waals surface area contributed by atoms with Gasteiger partial charge in [0.2, 0.25) is 0 Å². The second kappa shape index (κ2) is 9.32. The monoisotopic (exact) mass is 447 g/mol. The summed E-state index contributed by atoms with van der Waals surface area (Å²) in [5.41, 5.74) is 1.34. The number of anilines is 1. The summed E-state index contributed by atoms with van der Waals surface area (Å²) in [5, 5.41) is 10.4. The van der Waals surface area contributed by atoms with Crippen molar-refractivity contribution >= 4 is 34.2 Å². The van der Waals surface area contributed by atoms with Crippen LogP contribution in [-0.4, -0.2) is 36.1 Å². The first-order valence-electron chi connectivity index (χ1n) is 11.0. The number of hydrogen-bond donors (Lipinski definition) is 1. The summed E-state index contributed by atoms with van der Waals surface area (Å²) >= 11 is 0. The van der Waals surface area contributed by atoms with Crippen molar-refractivity contribution in [2.24, 2.45) is 0 Å². The van der Waals surface area contributed by atoms with Crippen LogP contribution in [0.15, 0.2) is 48.5 Å². The van der Waals surface area contributed by atoms with E-state index in [9.17, 15) is 14.4 Å². The molecule has 1 heterocycles. The van der Waals surface area contributed by atoms with Gasteiger partial charge in [0.1, 0.15) is 11.5 Å². The van der Waals surface area contributed by atoms with E-state index in [1.54, 1.807) is 24.3 Å². The number of benzene rings is 3. The molecular weight excluding hydrogens is 422 g/mol. The van der Waals surface area contributed by atoms with E-state index in [1.165, 1.54) is 0 Å². The van der Waals surface area contributed by atoms with Crippen molar-refractivity contribution in [3.63, 3.8) is 0 Å². The minimum Gasteiger partial charge on any atom is -0.492 e. The third-order valence-electron chi connectivity index (χ3n) is 5.41. The maximum atomic E-state index is 13.6. The molecular formula is C26H25NO6. The highest BCUT2D eigenvalue weighted by molar-refractivity contribution is 6.38. The fraction of sp³-hybridized carbons (Fsp3) is 0.269. The Bertz CT molecular complexity index is 1170. The fourth-order valence-electron chi connectivity index (χ4n) is 3.98. The van der Waals surface area contributed by atoms with E-state index < -0.39 is 17.8 Å². The molecule has 0 saturated heterocycles. The first-order valence-corrected chi connectivity index (χ1v) is 11.0. The van der Waals surface area contributed by atoms with Crippen molar-refractivity contribution in [1.29, 1.82) is 0 Å².